The summed E-state index contributed by atoms with van der Waals surface area (Å²) in [6, 6.07) is 0. The van der Waals surface area contributed by atoms with E-state index in [-0.39, 0.29) is 0 Å². The molecule has 0 radical (unpaired) electrons. The molecule has 0 aliphatic carbocycles. The molecule has 0 bridgehead atoms. The van der Waals surface area contributed by atoms with Gasteiger partial charge in [0.15, 0.2) is 0 Å². The minimum Gasteiger partial charge on any atom is -0.383 e. The summed E-state index contributed by atoms with van der Waals surface area (Å²) in [6.07, 6.45) is 1.90. The van der Waals surface area contributed by atoms with Crippen LogP contribution in [0, 0.1) is 18.8 Å². The molecule has 0 unspecified atom stereocenters. The number of ether oxygens (including phenoxy) is 1. The number of hydrogen-bond acceptors (Lipinski definition) is 3. The highest BCUT2D eigenvalue weighted by Crippen LogP contribution is 2.06. The zero-order valence-electron chi connectivity index (χ0n) is 10.2. The average molecular weight is 221 g/mol. The zero-order chi connectivity index (χ0) is 11.8. The van der Waals surface area contributed by atoms with Gasteiger partial charge in [-0.15, -0.1) is 5.92 Å². The Morgan fingerprint density at radius 2 is 2.38 bits per heavy atom. The molecule has 0 amide bonds. The summed E-state index contributed by atoms with van der Waals surface area (Å²) in [5.41, 5.74) is 2.39. The molecule has 1 rings (SSSR count). The molecule has 0 saturated heterocycles. The number of methoxy groups -OCH3 is 1. The first-order valence-corrected chi connectivity index (χ1v) is 5.40. The minimum atomic E-state index is 0.667. The van der Waals surface area contributed by atoms with Crippen molar-refractivity contribution in [3.63, 3.8) is 0 Å². The summed E-state index contributed by atoms with van der Waals surface area (Å²) in [6.45, 7) is 6.99. The summed E-state index contributed by atoms with van der Waals surface area (Å²) in [7, 11) is 1.70. The quantitative estimate of drug-likeness (QED) is 0.574. The van der Waals surface area contributed by atoms with Gasteiger partial charge in [0.2, 0.25) is 0 Å². The van der Waals surface area contributed by atoms with E-state index >= 15 is 0 Å². The Kier molecular flexibility index (Phi) is 5.62. The Balaban J connectivity index is 2.47. The first-order valence-electron chi connectivity index (χ1n) is 5.40. The number of rotatable bonds is 6. The fourth-order valence-electron chi connectivity index (χ4n) is 1.37. The normalized spacial score (nSPS) is 9.94. The highest BCUT2D eigenvalue weighted by molar-refractivity contribution is 5.16. The van der Waals surface area contributed by atoms with E-state index in [1.54, 1.807) is 7.11 Å². The van der Waals surface area contributed by atoms with Gasteiger partial charge in [-0.1, -0.05) is 5.92 Å². The highest BCUT2D eigenvalue weighted by atomic mass is 16.5. The van der Waals surface area contributed by atoms with E-state index in [4.69, 9.17) is 4.74 Å². The molecule has 1 aromatic heterocycles. The standard InChI is InChI=1S/C12H19N3O/c1-4-5-7-15-11(2)12(10-14-15)9-13-6-8-16-3/h10,13H,6-9H2,1-3H3. The van der Waals surface area contributed by atoms with E-state index in [0.717, 1.165) is 19.7 Å². The van der Waals surface area contributed by atoms with E-state index in [1.807, 2.05) is 17.8 Å². The zero-order valence-corrected chi connectivity index (χ0v) is 10.2. The Labute approximate surface area is 97.0 Å². The molecule has 1 aromatic rings. The molecule has 0 aliphatic heterocycles. The number of hydrogen-bond donors (Lipinski definition) is 1. The SMILES string of the molecule is CC#CCn1ncc(CNCCOC)c1C. The maximum absolute atomic E-state index is 4.97. The molecule has 0 fully saturated rings. The van der Waals surface area contributed by atoms with Crippen molar-refractivity contribution >= 4 is 0 Å². The van der Waals surface area contributed by atoms with Crippen molar-refractivity contribution in [1.29, 1.82) is 0 Å². The van der Waals surface area contributed by atoms with Crippen LogP contribution in [0.4, 0.5) is 0 Å². The van der Waals surface area contributed by atoms with Crippen LogP contribution in [0.3, 0.4) is 0 Å². The number of nitrogens with zero attached hydrogens (tertiary/aromatic N) is 2. The Morgan fingerprint density at radius 3 is 3.06 bits per heavy atom. The molecule has 0 saturated carbocycles. The molecule has 1 N–H and O–H groups in total. The molecule has 4 heteroatoms. The average Bonchev–Trinajstić information content (AvgIpc) is 2.64. The van der Waals surface area contributed by atoms with Gasteiger partial charge in [-0.2, -0.15) is 5.10 Å². The predicted octanol–water partition coefficient (Wildman–Crippen LogP) is 0.951. The summed E-state index contributed by atoms with van der Waals surface area (Å²) in [4.78, 5) is 0. The molecule has 0 aromatic carbocycles. The van der Waals surface area contributed by atoms with Gasteiger partial charge in [-0.05, 0) is 13.8 Å². The molecule has 88 valence electrons. The van der Waals surface area contributed by atoms with Crippen LogP contribution in [0.15, 0.2) is 6.20 Å². The van der Waals surface area contributed by atoms with Crippen LogP contribution in [-0.2, 0) is 17.8 Å². The Morgan fingerprint density at radius 1 is 1.56 bits per heavy atom. The third-order valence-electron chi connectivity index (χ3n) is 2.41. The fraction of sp³-hybridized carbons (Fsp3) is 0.583. The van der Waals surface area contributed by atoms with Crippen molar-refractivity contribution in [1.82, 2.24) is 15.1 Å². The lowest BCUT2D eigenvalue weighted by atomic mass is 10.2. The summed E-state index contributed by atoms with van der Waals surface area (Å²) in [5.74, 6) is 5.87. The molecular formula is C12H19N3O. The van der Waals surface area contributed by atoms with Crippen molar-refractivity contribution < 1.29 is 4.74 Å². The third-order valence-corrected chi connectivity index (χ3v) is 2.41. The second-order valence-electron chi connectivity index (χ2n) is 3.51. The molecule has 16 heavy (non-hydrogen) atoms. The molecular weight excluding hydrogens is 202 g/mol. The van der Waals surface area contributed by atoms with Crippen molar-refractivity contribution in [3.8, 4) is 11.8 Å². The summed E-state index contributed by atoms with van der Waals surface area (Å²) in [5, 5.41) is 7.59. The Hall–Kier alpha value is -1.31. The van der Waals surface area contributed by atoms with Gasteiger partial charge in [0.25, 0.3) is 0 Å². The van der Waals surface area contributed by atoms with Gasteiger partial charge in [0.05, 0.1) is 12.8 Å². The Bertz CT molecular complexity index is 373. The molecule has 1 heterocycles. The van der Waals surface area contributed by atoms with E-state index in [0.29, 0.717) is 6.54 Å². The number of nitrogens with one attached hydrogen (secondary N) is 1. The van der Waals surface area contributed by atoms with E-state index in [2.05, 4.69) is 29.2 Å². The van der Waals surface area contributed by atoms with Crippen LogP contribution >= 0.6 is 0 Å². The maximum Gasteiger partial charge on any atom is 0.102 e. The van der Waals surface area contributed by atoms with Gasteiger partial charge >= 0.3 is 0 Å². The highest BCUT2D eigenvalue weighted by Gasteiger charge is 2.04. The molecule has 0 spiro atoms. The van der Waals surface area contributed by atoms with Gasteiger partial charge in [-0.25, -0.2) is 0 Å². The first kappa shape index (κ1) is 12.8. The molecule has 0 aliphatic rings. The molecule has 0 atom stereocenters. The molecule has 4 nitrogen and oxygen atoms in total. The van der Waals surface area contributed by atoms with Crippen LogP contribution in [0.25, 0.3) is 0 Å². The maximum atomic E-state index is 4.97. The van der Waals surface area contributed by atoms with Crippen molar-refractivity contribution in [2.45, 2.75) is 26.9 Å². The monoisotopic (exact) mass is 221 g/mol. The number of aromatic nitrogens is 2. The van der Waals surface area contributed by atoms with Gasteiger partial charge in [0.1, 0.15) is 6.54 Å². The van der Waals surface area contributed by atoms with Crippen molar-refractivity contribution in [2.75, 3.05) is 20.3 Å². The van der Waals surface area contributed by atoms with Crippen LogP contribution in [0.1, 0.15) is 18.2 Å². The third kappa shape index (κ3) is 3.69. The first-order chi connectivity index (χ1) is 7.79. The fourth-order valence-corrected chi connectivity index (χ4v) is 1.37. The van der Waals surface area contributed by atoms with Crippen molar-refractivity contribution in [2.24, 2.45) is 0 Å². The van der Waals surface area contributed by atoms with E-state index in [9.17, 15) is 0 Å². The smallest absolute Gasteiger partial charge is 0.102 e. The van der Waals surface area contributed by atoms with Crippen LogP contribution in [-0.4, -0.2) is 30.0 Å². The minimum absolute atomic E-state index is 0.667. The lowest BCUT2D eigenvalue weighted by Gasteiger charge is -2.04. The summed E-state index contributed by atoms with van der Waals surface area (Å²) >= 11 is 0. The van der Waals surface area contributed by atoms with Gasteiger partial charge < -0.3 is 10.1 Å². The largest absolute Gasteiger partial charge is 0.383 e. The van der Waals surface area contributed by atoms with Crippen LogP contribution < -0.4 is 5.32 Å². The summed E-state index contributed by atoms with van der Waals surface area (Å²) < 4.78 is 6.89. The van der Waals surface area contributed by atoms with Gasteiger partial charge in [0, 0.05) is 31.5 Å². The topological polar surface area (TPSA) is 39.1 Å². The van der Waals surface area contributed by atoms with Crippen LogP contribution in [0.5, 0.6) is 0 Å². The second-order valence-corrected chi connectivity index (χ2v) is 3.51. The van der Waals surface area contributed by atoms with Gasteiger partial charge in [-0.3, -0.25) is 4.68 Å². The lowest BCUT2D eigenvalue weighted by molar-refractivity contribution is 0.199. The lowest BCUT2D eigenvalue weighted by Crippen LogP contribution is -2.18. The van der Waals surface area contributed by atoms with Crippen molar-refractivity contribution in [3.05, 3.63) is 17.5 Å². The van der Waals surface area contributed by atoms with E-state index < -0.39 is 0 Å². The van der Waals surface area contributed by atoms with Crippen LogP contribution in [0.2, 0.25) is 0 Å². The second kappa shape index (κ2) is 7.04. The predicted molar refractivity (Wildman–Crippen MR) is 64.0 cm³/mol. The van der Waals surface area contributed by atoms with E-state index in [1.165, 1.54) is 11.3 Å².